The molecular weight excluding hydrogens is 326 g/mol. The highest BCUT2D eigenvalue weighted by Crippen LogP contribution is 2.29. The van der Waals surface area contributed by atoms with Crippen LogP contribution in [0, 0.1) is 26.7 Å². The van der Waals surface area contributed by atoms with E-state index >= 15 is 0 Å². The quantitative estimate of drug-likeness (QED) is 0.869. The summed E-state index contributed by atoms with van der Waals surface area (Å²) in [6.07, 6.45) is 1.36. The van der Waals surface area contributed by atoms with E-state index < -0.39 is 5.97 Å². The zero-order valence-electron chi connectivity index (χ0n) is 14.1. The third kappa shape index (κ3) is 3.19. The van der Waals surface area contributed by atoms with Gasteiger partial charge in [0.25, 0.3) is 0 Å². The van der Waals surface area contributed by atoms with Gasteiger partial charge in [-0.3, -0.25) is 4.79 Å². The van der Waals surface area contributed by atoms with Gasteiger partial charge in [0.1, 0.15) is 5.15 Å². The molecule has 0 amide bonds. The monoisotopic (exact) mass is 347 g/mol. The molecular formula is C18H22ClN3O2. The summed E-state index contributed by atoms with van der Waals surface area (Å²) in [6.45, 7) is 6.64. The molecule has 0 radical (unpaired) electrons. The molecule has 2 N–H and O–H groups in total. The maximum atomic E-state index is 10.9. The molecule has 5 nitrogen and oxygen atoms in total. The second-order valence-corrected chi connectivity index (χ2v) is 7.00. The SMILES string of the molecule is Cc1ccc(C)c(-n2nc(C)c(CNC3CC(C(=O)O)C3)c2Cl)c1. The third-order valence-corrected chi connectivity index (χ3v) is 5.16. The average molecular weight is 348 g/mol. The first-order valence-electron chi connectivity index (χ1n) is 8.14. The van der Waals surface area contributed by atoms with E-state index in [0.29, 0.717) is 24.5 Å². The summed E-state index contributed by atoms with van der Waals surface area (Å²) in [5.74, 6) is -0.915. The predicted molar refractivity (Wildman–Crippen MR) is 93.8 cm³/mol. The second-order valence-electron chi connectivity index (χ2n) is 6.64. The van der Waals surface area contributed by atoms with Gasteiger partial charge in [-0.05, 0) is 50.8 Å². The van der Waals surface area contributed by atoms with Crippen LogP contribution in [0.5, 0.6) is 0 Å². The number of carboxylic acids is 1. The van der Waals surface area contributed by atoms with Crippen molar-refractivity contribution < 1.29 is 9.90 Å². The number of aromatic nitrogens is 2. The molecule has 0 unspecified atom stereocenters. The van der Waals surface area contributed by atoms with Gasteiger partial charge in [0.15, 0.2) is 0 Å². The number of halogens is 1. The van der Waals surface area contributed by atoms with E-state index in [2.05, 4.69) is 28.6 Å². The van der Waals surface area contributed by atoms with Gasteiger partial charge in [-0.2, -0.15) is 5.10 Å². The molecule has 1 saturated carbocycles. The van der Waals surface area contributed by atoms with Crippen molar-refractivity contribution in [2.24, 2.45) is 5.92 Å². The van der Waals surface area contributed by atoms with Gasteiger partial charge in [0, 0.05) is 18.2 Å². The molecule has 0 saturated heterocycles. The number of carboxylic acid groups (broad SMARTS) is 1. The number of hydrogen-bond acceptors (Lipinski definition) is 3. The van der Waals surface area contributed by atoms with Crippen LogP contribution in [0.3, 0.4) is 0 Å². The Morgan fingerprint density at radius 3 is 2.75 bits per heavy atom. The lowest BCUT2D eigenvalue weighted by molar-refractivity contribution is -0.145. The summed E-state index contributed by atoms with van der Waals surface area (Å²) in [5, 5.41) is 17.5. The summed E-state index contributed by atoms with van der Waals surface area (Å²) in [4.78, 5) is 10.9. The molecule has 1 aliphatic carbocycles. The minimum Gasteiger partial charge on any atom is -0.481 e. The number of hydrogen-bond donors (Lipinski definition) is 2. The van der Waals surface area contributed by atoms with Crippen LogP contribution < -0.4 is 5.32 Å². The van der Waals surface area contributed by atoms with Gasteiger partial charge in [-0.1, -0.05) is 23.7 Å². The van der Waals surface area contributed by atoms with E-state index in [1.165, 1.54) is 0 Å². The standard InChI is InChI=1S/C18H22ClN3O2/c1-10-4-5-11(2)16(6-10)22-17(19)15(12(3)21-22)9-20-14-7-13(8-14)18(23)24/h4-6,13-14,20H,7-9H2,1-3H3,(H,23,24). The van der Waals surface area contributed by atoms with Crippen LogP contribution >= 0.6 is 11.6 Å². The number of carbonyl (C=O) groups is 1. The Hall–Kier alpha value is -1.85. The van der Waals surface area contributed by atoms with E-state index in [0.717, 1.165) is 28.1 Å². The summed E-state index contributed by atoms with van der Waals surface area (Å²) in [6, 6.07) is 6.46. The third-order valence-electron chi connectivity index (χ3n) is 4.77. The molecule has 0 spiro atoms. The van der Waals surface area contributed by atoms with E-state index in [-0.39, 0.29) is 12.0 Å². The van der Waals surface area contributed by atoms with Crippen LogP contribution in [-0.4, -0.2) is 26.9 Å². The molecule has 2 aromatic rings. The fourth-order valence-electron chi connectivity index (χ4n) is 3.07. The van der Waals surface area contributed by atoms with Gasteiger partial charge in [-0.25, -0.2) is 4.68 Å². The molecule has 0 aliphatic heterocycles. The minimum absolute atomic E-state index is 0.211. The molecule has 1 aromatic carbocycles. The second kappa shape index (κ2) is 6.57. The number of nitrogens with zero attached hydrogens (tertiary/aromatic N) is 2. The van der Waals surface area contributed by atoms with E-state index in [1.807, 2.05) is 20.8 Å². The average Bonchev–Trinajstić information content (AvgIpc) is 2.75. The Morgan fingerprint density at radius 2 is 2.08 bits per heavy atom. The number of aliphatic carboxylic acids is 1. The maximum Gasteiger partial charge on any atom is 0.306 e. The lowest BCUT2D eigenvalue weighted by Crippen LogP contribution is -2.43. The molecule has 1 heterocycles. The molecule has 128 valence electrons. The number of rotatable bonds is 5. The molecule has 6 heteroatoms. The van der Waals surface area contributed by atoms with Gasteiger partial charge < -0.3 is 10.4 Å². The van der Waals surface area contributed by atoms with E-state index in [1.54, 1.807) is 4.68 Å². The highest BCUT2D eigenvalue weighted by Gasteiger charge is 2.34. The fraction of sp³-hybridized carbons (Fsp3) is 0.444. The lowest BCUT2D eigenvalue weighted by atomic mass is 9.80. The Labute approximate surface area is 146 Å². The smallest absolute Gasteiger partial charge is 0.306 e. The molecule has 1 fully saturated rings. The minimum atomic E-state index is -0.704. The van der Waals surface area contributed by atoms with Gasteiger partial charge in [-0.15, -0.1) is 0 Å². The number of aryl methyl sites for hydroxylation is 3. The Bertz CT molecular complexity index is 779. The summed E-state index contributed by atoms with van der Waals surface area (Å²) in [7, 11) is 0. The van der Waals surface area contributed by atoms with Gasteiger partial charge in [0.2, 0.25) is 0 Å². The van der Waals surface area contributed by atoms with Crippen molar-refractivity contribution in [1.29, 1.82) is 0 Å². The van der Waals surface area contributed by atoms with Crippen LogP contribution in [0.15, 0.2) is 18.2 Å². The topological polar surface area (TPSA) is 67.2 Å². The first-order chi connectivity index (χ1) is 11.4. The molecule has 0 atom stereocenters. The van der Waals surface area contributed by atoms with Crippen molar-refractivity contribution >= 4 is 17.6 Å². The first-order valence-corrected chi connectivity index (χ1v) is 8.52. The van der Waals surface area contributed by atoms with Crippen molar-refractivity contribution in [1.82, 2.24) is 15.1 Å². The van der Waals surface area contributed by atoms with Crippen molar-refractivity contribution in [3.63, 3.8) is 0 Å². The van der Waals surface area contributed by atoms with Crippen molar-refractivity contribution in [3.05, 3.63) is 45.7 Å². The molecule has 0 bridgehead atoms. The van der Waals surface area contributed by atoms with Crippen LogP contribution in [0.2, 0.25) is 5.15 Å². The maximum absolute atomic E-state index is 10.9. The zero-order chi connectivity index (χ0) is 17.4. The van der Waals surface area contributed by atoms with Crippen LogP contribution in [0.25, 0.3) is 5.69 Å². The number of benzene rings is 1. The molecule has 1 aliphatic rings. The summed E-state index contributed by atoms with van der Waals surface area (Å²) in [5.41, 5.74) is 5.13. The molecule has 24 heavy (non-hydrogen) atoms. The Balaban J connectivity index is 1.75. The van der Waals surface area contributed by atoms with Crippen LogP contribution in [-0.2, 0) is 11.3 Å². The van der Waals surface area contributed by atoms with E-state index in [4.69, 9.17) is 16.7 Å². The van der Waals surface area contributed by atoms with E-state index in [9.17, 15) is 4.79 Å². The summed E-state index contributed by atoms with van der Waals surface area (Å²) < 4.78 is 1.79. The first kappa shape index (κ1) is 17.0. The fourth-order valence-corrected chi connectivity index (χ4v) is 3.40. The largest absolute Gasteiger partial charge is 0.481 e. The molecule has 1 aromatic heterocycles. The highest BCUT2D eigenvalue weighted by molar-refractivity contribution is 6.30. The zero-order valence-corrected chi connectivity index (χ0v) is 14.9. The normalized spacial score (nSPS) is 20.0. The van der Waals surface area contributed by atoms with Crippen molar-refractivity contribution in [2.45, 2.75) is 46.2 Å². The van der Waals surface area contributed by atoms with Gasteiger partial charge in [0.05, 0.1) is 17.3 Å². The highest BCUT2D eigenvalue weighted by atomic mass is 35.5. The van der Waals surface area contributed by atoms with Crippen LogP contribution in [0.4, 0.5) is 0 Å². The van der Waals surface area contributed by atoms with Gasteiger partial charge >= 0.3 is 5.97 Å². The van der Waals surface area contributed by atoms with Crippen LogP contribution in [0.1, 0.15) is 35.2 Å². The number of nitrogens with one attached hydrogen (secondary N) is 1. The predicted octanol–water partition coefficient (Wildman–Crippen LogP) is 3.40. The summed E-state index contributed by atoms with van der Waals surface area (Å²) >= 11 is 6.58. The lowest BCUT2D eigenvalue weighted by Gasteiger charge is -2.33. The Morgan fingerprint density at radius 1 is 1.38 bits per heavy atom. The van der Waals surface area contributed by atoms with Crippen molar-refractivity contribution in [3.8, 4) is 5.69 Å². The molecule has 3 rings (SSSR count). The Kier molecular flexibility index (Phi) is 4.65. The van der Waals surface area contributed by atoms with Crippen molar-refractivity contribution in [2.75, 3.05) is 0 Å².